The fourth-order valence-corrected chi connectivity index (χ4v) is 4.52. The van der Waals surface area contributed by atoms with Crippen molar-refractivity contribution in [2.24, 2.45) is 0 Å². The van der Waals surface area contributed by atoms with Crippen LogP contribution in [0.3, 0.4) is 0 Å². The Labute approximate surface area is 228 Å². The van der Waals surface area contributed by atoms with Crippen LogP contribution < -0.4 is 10.1 Å². The molecule has 0 unspecified atom stereocenters. The number of hydrogen-bond donors (Lipinski definition) is 2. The highest BCUT2D eigenvalue weighted by atomic mass is 19.1. The van der Waals surface area contributed by atoms with Crippen LogP contribution in [0.4, 0.5) is 9.18 Å². The van der Waals surface area contributed by atoms with Gasteiger partial charge in [-0.05, 0) is 76.4 Å². The second-order valence-corrected chi connectivity index (χ2v) is 10.9. The molecule has 39 heavy (non-hydrogen) atoms. The maximum absolute atomic E-state index is 14.6. The molecule has 3 rings (SSSR count). The molecule has 212 valence electrons. The third kappa shape index (κ3) is 7.47. The summed E-state index contributed by atoms with van der Waals surface area (Å²) in [6.45, 7) is 12.6. The van der Waals surface area contributed by atoms with E-state index in [1.165, 1.54) is 25.2 Å². The van der Waals surface area contributed by atoms with Crippen molar-refractivity contribution in [3.8, 4) is 5.75 Å². The molecule has 2 N–H and O–H groups in total. The molecule has 2 amide bonds. The van der Waals surface area contributed by atoms with Gasteiger partial charge in [0.1, 0.15) is 28.8 Å². The maximum atomic E-state index is 14.6. The largest absolute Gasteiger partial charge is 0.483 e. The van der Waals surface area contributed by atoms with E-state index < -0.39 is 29.4 Å². The lowest BCUT2D eigenvalue weighted by molar-refractivity contribution is -0.00301. The number of aryl methyl sites for hydroxylation is 2. The van der Waals surface area contributed by atoms with Gasteiger partial charge in [-0.3, -0.25) is 9.69 Å². The van der Waals surface area contributed by atoms with E-state index in [0.717, 1.165) is 0 Å². The molecule has 10 heteroatoms. The van der Waals surface area contributed by atoms with Crippen molar-refractivity contribution < 1.29 is 33.4 Å². The lowest BCUT2D eigenvalue weighted by Crippen LogP contribution is -2.55. The third-order valence-electron chi connectivity index (χ3n) is 6.63. The maximum Gasteiger partial charge on any atom is 0.410 e. The number of piperazine rings is 1. The predicted molar refractivity (Wildman–Crippen MR) is 145 cm³/mol. The number of hydrogen-bond acceptors (Lipinski definition) is 6. The molecule has 1 saturated heterocycles. The topological polar surface area (TPSA) is 108 Å². The zero-order chi connectivity index (χ0) is 29.1. The number of carbonyl (C=O) groups is 3. The number of halogens is 1. The van der Waals surface area contributed by atoms with E-state index in [9.17, 15) is 23.9 Å². The SMILES string of the molecule is CNC(=O)c1cc(C(=O)O)c(O[C@@H](CN2CCN(C(=O)OC(C)(C)C)[C@H](C)C2)c2ccc(C)c(F)c2)cc1C. The predicted octanol–water partition coefficient (Wildman–Crippen LogP) is 4.56. The molecule has 2 atom stereocenters. The van der Waals surface area contributed by atoms with Crippen LogP contribution in [0.5, 0.6) is 5.75 Å². The van der Waals surface area contributed by atoms with E-state index in [0.29, 0.717) is 42.9 Å². The molecule has 0 spiro atoms. The smallest absolute Gasteiger partial charge is 0.410 e. The highest BCUT2D eigenvalue weighted by Crippen LogP contribution is 2.31. The Kier molecular flexibility index (Phi) is 9.22. The number of carboxylic acids is 1. The molecule has 1 aliphatic rings. The van der Waals surface area contributed by atoms with Crippen LogP contribution in [0, 0.1) is 19.7 Å². The molecule has 0 bridgehead atoms. The van der Waals surface area contributed by atoms with Crippen LogP contribution >= 0.6 is 0 Å². The standard InChI is InChI=1S/C29H38FN3O6/c1-17-8-9-20(13-23(17)30)25(16-32-10-11-33(19(3)15-32)28(37)39-29(4,5)6)38-24-12-18(2)21(26(34)31-7)14-22(24)27(35)36/h8-9,12-14,19,25H,10-11,15-16H2,1-7H3,(H,31,34)(H,35,36)/t19-,25+/m1/s1. The van der Waals surface area contributed by atoms with Crippen molar-refractivity contribution >= 4 is 18.0 Å². The minimum atomic E-state index is -1.25. The fraction of sp³-hybridized carbons (Fsp3) is 0.483. The molecule has 0 aliphatic carbocycles. The second-order valence-electron chi connectivity index (χ2n) is 10.9. The first-order valence-corrected chi connectivity index (χ1v) is 12.9. The normalized spacial score (nSPS) is 16.9. The van der Waals surface area contributed by atoms with Crippen molar-refractivity contribution in [2.75, 3.05) is 33.2 Å². The third-order valence-corrected chi connectivity index (χ3v) is 6.63. The van der Waals surface area contributed by atoms with Crippen LogP contribution in [0.1, 0.15) is 71.2 Å². The first-order valence-electron chi connectivity index (χ1n) is 12.9. The Morgan fingerprint density at radius 2 is 1.79 bits per heavy atom. The van der Waals surface area contributed by atoms with Gasteiger partial charge in [-0.25, -0.2) is 14.0 Å². The number of nitrogens with one attached hydrogen (secondary N) is 1. The quantitative estimate of drug-likeness (QED) is 0.527. The van der Waals surface area contributed by atoms with Gasteiger partial charge < -0.3 is 24.8 Å². The number of benzene rings is 2. The Morgan fingerprint density at radius 1 is 1.10 bits per heavy atom. The number of carbonyl (C=O) groups excluding carboxylic acids is 2. The summed E-state index contributed by atoms with van der Waals surface area (Å²) < 4.78 is 26.4. The summed E-state index contributed by atoms with van der Waals surface area (Å²) in [5.74, 6) is -1.97. The molecule has 1 fully saturated rings. The lowest BCUT2D eigenvalue weighted by atomic mass is 10.0. The van der Waals surface area contributed by atoms with E-state index in [-0.39, 0.29) is 29.0 Å². The number of rotatable bonds is 7. The van der Waals surface area contributed by atoms with Crippen molar-refractivity contribution in [1.29, 1.82) is 0 Å². The minimum Gasteiger partial charge on any atom is -0.483 e. The number of nitrogens with zero attached hydrogens (tertiary/aromatic N) is 2. The first-order chi connectivity index (χ1) is 18.2. The molecule has 1 heterocycles. The molecule has 2 aromatic rings. The molecule has 0 saturated carbocycles. The summed E-state index contributed by atoms with van der Waals surface area (Å²) in [6, 6.07) is 7.48. The van der Waals surface area contributed by atoms with Gasteiger partial charge in [-0.1, -0.05) is 12.1 Å². The molecule has 1 aliphatic heterocycles. The number of carboxylic acid groups (broad SMARTS) is 1. The van der Waals surface area contributed by atoms with E-state index in [2.05, 4.69) is 10.2 Å². The summed E-state index contributed by atoms with van der Waals surface area (Å²) in [5, 5.41) is 12.4. The van der Waals surface area contributed by atoms with Gasteiger partial charge in [0, 0.05) is 44.8 Å². The van der Waals surface area contributed by atoms with Crippen LogP contribution in [-0.2, 0) is 4.74 Å². The lowest BCUT2D eigenvalue weighted by Gasteiger charge is -2.41. The highest BCUT2D eigenvalue weighted by molar-refractivity contribution is 6.00. The zero-order valence-electron chi connectivity index (χ0n) is 23.6. The van der Waals surface area contributed by atoms with Gasteiger partial charge in [0.25, 0.3) is 5.91 Å². The highest BCUT2D eigenvalue weighted by Gasteiger charge is 2.32. The molecule has 0 aromatic heterocycles. The summed E-state index contributed by atoms with van der Waals surface area (Å²) in [6.07, 6.45) is -1.09. The Morgan fingerprint density at radius 3 is 2.36 bits per heavy atom. The van der Waals surface area contributed by atoms with Crippen molar-refractivity contribution in [2.45, 2.75) is 59.3 Å². The second kappa shape index (κ2) is 12.0. The van der Waals surface area contributed by atoms with Gasteiger partial charge in [-0.2, -0.15) is 0 Å². The average molecular weight is 544 g/mol. The monoisotopic (exact) mass is 543 g/mol. The minimum absolute atomic E-state index is 0.0825. The van der Waals surface area contributed by atoms with Crippen molar-refractivity contribution in [3.63, 3.8) is 0 Å². The van der Waals surface area contributed by atoms with Crippen LogP contribution in [0.25, 0.3) is 0 Å². The number of ether oxygens (including phenoxy) is 2. The number of aromatic carboxylic acids is 1. The molecule has 2 aromatic carbocycles. The average Bonchev–Trinajstić information content (AvgIpc) is 2.83. The summed E-state index contributed by atoms with van der Waals surface area (Å²) in [4.78, 5) is 40.8. The fourth-order valence-electron chi connectivity index (χ4n) is 4.52. The summed E-state index contributed by atoms with van der Waals surface area (Å²) in [5.41, 5.74) is 1.03. The van der Waals surface area contributed by atoms with Gasteiger partial charge in [0.15, 0.2) is 0 Å². The Bertz CT molecular complexity index is 1240. The Balaban J connectivity index is 1.90. The molecular formula is C29H38FN3O6. The van der Waals surface area contributed by atoms with Crippen molar-refractivity contribution in [3.05, 3.63) is 64.0 Å². The summed E-state index contributed by atoms with van der Waals surface area (Å²) in [7, 11) is 1.47. The van der Waals surface area contributed by atoms with E-state index in [1.54, 1.807) is 30.9 Å². The van der Waals surface area contributed by atoms with E-state index in [4.69, 9.17) is 9.47 Å². The van der Waals surface area contributed by atoms with E-state index in [1.807, 2.05) is 27.7 Å². The molecular weight excluding hydrogens is 505 g/mol. The van der Waals surface area contributed by atoms with Crippen LogP contribution in [0.2, 0.25) is 0 Å². The summed E-state index contributed by atoms with van der Waals surface area (Å²) >= 11 is 0. The van der Waals surface area contributed by atoms with Gasteiger partial charge in [-0.15, -0.1) is 0 Å². The van der Waals surface area contributed by atoms with Gasteiger partial charge in [0.05, 0.1) is 0 Å². The van der Waals surface area contributed by atoms with Gasteiger partial charge in [0.2, 0.25) is 0 Å². The Hall–Kier alpha value is -3.66. The number of amides is 2. The molecule has 9 nitrogen and oxygen atoms in total. The van der Waals surface area contributed by atoms with Crippen molar-refractivity contribution in [1.82, 2.24) is 15.1 Å². The van der Waals surface area contributed by atoms with Crippen LogP contribution in [0.15, 0.2) is 30.3 Å². The van der Waals surface area contributed by atoms with Crippen LogP contribution in [-0.4, -0.2) is 77.7 Å². The first kappa shape index (κ1) is 29.9. The van der Waals surface area contributed by atoms with Gasteiger partial charge >= 0.3 is 12.1 Å². The zero-order valence-corrected chi connectivity index (χ0v) is 23.6. The van der Waals surface area contributed by atoms with E-state index >= 15 is 0 Å². The molecule has 0 radical (unpaired) electrons.